The predicted octanol–water partition coefficient (Wildman–Crippen LogP) is 1.26. The lowest BCUT2D eigenvalue weighted by Crippen LogP contribution is -2.23. The zero-order chi connectivity index (χ0) is 19.9. The van der Waals surface area contributed by atoms with Crippen molar-refractivity contribution < 1.29 is 22.3 Å². The van der Waals surface area contributed by atoms with Gasteiger partial charge in [-0.1, -0.05) is 11.3 Å². The van der Waals surface area contributed by atoms with Crippen molar-refractivity contribution in [3.63, 3.8) is 0 Å². The average Bonchev–Trinajstić information content (AvgIpc) is 3.00. The Kier molecular flexibility index (Phi) is 4.78. The number of hydrogen-bond donors (Lipinski definition) is 0. The molecule has 0 unspecified atom stereocenters. The highest BCUT2D eigenvalue weighted by atomic mass is 32.2. The molecule has 0 aliphatic heterocycles. The third kappa shape index (κ3) is 3.45. The first-order valence-electron chi connectivity index (χ1n) is 7.56. The van der Waals surface area contributed by atoms with Gasteiger partial charge in [0.25, 0.3) is 0 Å². The fraction of sp³-hybridized carbons (Fsp3) is 0.267. The first kappa shape index (κ1) is 19.0. The van der Waals surface area contributed by atoms with E-state index in [4.69, 9.17) is 4.74 Å². The molecule has 0 saturated carbocycles. The number of sulfone groups is 1. The molecule has 3 rings (SSSR count). The van der Waals surface area contributed by atoms with Gasteiger partial charge in [0.15, 0.2) is 15.9 Å². The highest BCUT2D eigenvalue weighted by Crippen LogP contribution is 2.22. The summed E-state index contributed by atoms with van der Waals surface area (Å²) in [6, 6.07) is 0. The predicted molar refractivity (Wildman–Crippen MR) is 94.6 cm³/mol. The molecule has 0 fully saturated rings. The lowest BCUT2D eigenvalue weighted by Gasteiger charge is -2.12. The Hall–Kier alpha value is -2.73. The lowest BCUT2D eigenvalue weighted by molar-refractivity contribution is 0.0524. The zero-order valence-corrected chi connectivity index (χ0v) is 16.0. The molecule has 3 aromatic heterocycles. The number of fused-ring (bicyclic) bond motifs is 1. The first-order chi connectivity index (χ1) is 12.6. The molecule has 0 atom stereocenters. The van der Waals surface area contributed by atoms with Crippen molar-refractivity contribution in [1.29, 1.82) is 0 Å². The number of ether oxygens (including phenoxy) is 1. The van der Waals surface area contributed by atoms with Crippen molar-refractivity contribution in [2.75, 3.05) is 12.9 Å². The topological polar surface area (TPSA) is 121 Å². The molecule has 27 heavy (non-hydrogen) atoms. The van der Waals surface area contributed by atoms with Crippen LogP contribution in [-0.2, 0) is 14.6 Å². The molecule has 9 nitrogen and oxygen atoms in total. The number of esters is 1. The van der Waals surface area contributed by atoms with E-state index in [2.05, 4.69) is 15.0 Å². The molecule has 3 heterocycles. The Morgan fingerprint density at radius 3 is 2.63 bits per heavy atom. The largest absolute Gasteiger partial charge is 0.462 e. The van der Waals surface area contributed by atoms with Gasteiger partial charge in [0.1, 0.15) is 5.56 Å². The number of halogens is 1. The normalized spacial score (nSPS) is 11.7. The van der Waals surface area contributed by atoms with Gasteiger partial charge in [-0.05, 0) is 13.8 Å². The van der Waals surface area contributed by atoms with Crippen LogP contribution in [0, 0.1) is 12.1 Å². The van der Waals surface area contributed by atoms with Crippen molar-refractivity contribution in [2.45, 2.75) is 19.0 Å². The summed E-state index contributed by atoms with van der Waals surface area (Å²) < 4.78 is 43.3. The molecule has 142 valence electrons. The van der Waals surface area contributed by atoms with Gasteiger partial charge in [-0.3, -0.25) is 9.36 Å². The number of thiazole rings is 1. The van der Waals surface area contributed by atoms with Gasteiger partial charge < -0.3 is 4.74 Å². The van der Waals surface area contributed by atoms with Crippen LogP contribution in [0.4, 0.5) is 4.39 Å². The molecule has 0 aromatic carbocycles. The molecule has 0 bridgehead atoms. The summed E-state index contributed by atoms with van der Waals surface area (Å²) in [4.78, 5) is 36.6. The van der Waals surface area contributed by atoms with E-state index < -0.39 is 31.5 Å². The lowest BCUT2D eigenvalue weighted by atomic mass is 10.1. The van der Waals surface area contributed by atoms with Crippen LogP contribution in [0.1, 0.15) is 23.0 Å². The van der Waals surface area contributed by atoms with Gasteiger partial charge >= 0.3 is 5.97 Å². The van der Waals surface area contributed by atoms with Gasteiger partial charge in [-0.15, -0.1) is 0 Å². The van der Waals surface area contributed by atoms with Crippen molar-refractivity contribution >= 4 is 38.2 Å². The Labute approximate surface area is 156 Å². The van der Waals surface area contributed by atoms with E-state index in [-0.39, 0.29) is 34.0 Å². The second kappa shape index (κ2) is 6.78. The summed E-state index contributed by atoms with van der Waals surface area (Å²) in [5.74, 6) is -0.873. The molecule has 12 heteroatoms. The van der Waals surface area contributed by atoms with E-state index in [1.54, 1.807) is 6.92 Å². The Morgan fingerprint density at radius 1 is 1.37 bits per heavy atom. The summed E-state index contributed by atoms with van der Waals surface area (Å²) in [6.45, 7) is 3.05. The second-order valence-corrected chi connectivity index (χ2v) is 8.34. The Balaban J connectivity index is 2.48. The number of hydrogen-bond acceptors (Lipinski definition) is 9. The van der Waals surface area contributed by atoms with Gasteiger partial charge in [-0.25, -0.2) is 23.2 Å². The van der Waals surface area contributed by atoms with E-state index in [0.717, 1.165) is 18.6 Å². The minimum atomic E-state index is -3.78. The molecule has 0 aliphatic carbocycles. The fourth-order valence-electron chi connectivity index (χ4n) is 2.38. The van der Waals surface area contributed by atoms with Crippen molar-refractivity contribution in [3.05, 3.63) is 39.0 Å². The first-order valence-corrected chi connectivity index (χ1v) is 10.3. The zero-order valence-electron chi connectivity index (χ0n) is 14.4. The third-order valence-corrected chi connectivity index (χ3v) is 5.14. The van der Waals surface area contributed by atoms with E-state index in [0.29, 0.717) is 11.3 Å². The number of aryl methyl sites for hydroxylation is 1. The van der Waals surface area contributed by atoms with Gasteiger partial charge in [-0.2, -0.15) is 9.37 Å². The van der Waals surface area contributed by atoms with Crippen LogP contribution in [0.15, 0.2) is 22.3 Å². The molecular weight excluding hydrogens is 399 g/mol. The molecule has 3 aromatic rings. The van der Waals surface area contributed by atoms with Crippen LogP contribution >= 0.6 is 11.3 Å². The van der Waals surface area contributed by atoms with Gasteiger partial charge in [0, 0.05) is 12.5 Å². The molecule has 0 aliphatic rings. The van der Waals surface area contributed by atoms with E-state index >= 15 is 0 Å². The highest BCUT2D eigenvalue weighted by molar-refractivity contribution is 7.90. The standard InChI is InChI=1S/C15H13FN4O5S2/c1-4-25-13(22)8-6-20(15-17-5-9(16)26-15)12-10(11(8)21)7(2)18-14(19-12)27(3,23)24/h5-6H,4H2,1-3H3. The van der Waals surface area contributed by atoms with Crippen LogP contribution in [0.3, 0.4) is 0 Å². The summed E-state index contributed by atoms with van der Waals surface area (Å²) >= 11 is 0.636. The third-order valence-electron chi connectivity index (χ3n) is 3.51. The van der Waals surface area contributed by atoms with Crippen LogP contribution in [-0.4, -0.2) is 46.8 Å². The summed E-state index contributed by atoms with van der Waals surface area (Å²) in [5.41, 5.74) is -1.08. The maximum atomic E-state index is 13.5. The van der Waals surface area contributed by atoms with Crippen LogP contribution < -0.4 is 5.43 Å². The second-order valence-electron chi connectivity index (χ2n) is 5.47. The molecule has 0 amide bonds. The highest BCUT2D eigenvalue weighted by Gasteiger charge is 2.23. The van der Waals surface area contributed by atoms with E-state index in [9.17, 15) is 22.4 Å². The van der Waals surface area contributed by atoms with Crippen LogP contribution in [0.25, 0.3) is 16.2 Å². The van der Waals surface area contributed by atoms with Gasteiger partial charge in [0.2, 0.25) is 20.4 Å². The summed E-state index contributed by atoms with van der Waals surface area (Å²) in [7, 11) is -3.78. The van der Waals surface area contributed by atoms with Crippen LogP contribution in [0.2, 0.25) is 0 Å². The fourth-order valence-corrected chi connectivity index (χ4v) is 3.56. The van der Waals surface area contributed by atoms with Crippen molar-refractivity contribution in [2.24, 2.45) is 0 Å². The Bertz CT molecular complexity index is 1230. The SMILES string of the molecule is CCOC(=O)c1cn(-c2ncc(F)s2)c2nc(S(C)(=O)=O)nc(C)c2c1=O. The summed E-state index contributed by atoms with van der Waals surface area (Å²) in [5, 5.41) is -1.13. The smallest absolute Gasteiger partial charge is 0.343 e. The van der Waals surface area contributed by atoms with E-state index in [1.165, 1.54) is 11.5 Å². The van der Waals surface area contributed by atoms with Crippen molar-refractivity contribution in [1.82, 2.24) is 19.5 Å². The molecular formula is C15H13FN4O5S2. The van der Waals surface area contributed by atoms with Gasteiger partial charge in [0.05, 0.1) is 23.9 Å². The quantitative estimate of drug-likeness (QED) is 0.464. The minimum Gasteiger partial charge on any atom is -0.462 e. The maximum Gasteiger partial charge on any atom is 0.343 e. The summed E-state index contributed by atoms with van der Waals surface area (Å²) in [6.07, 6.45) is 2.99. The number of aromatic nitrogens is 4. The Morgan fingerprint density at radius 2 is 2.07 bits per heavy atom. The number of rotatable bonds is 4. The number of carbonyl (C=O) groups is 1. The monoisotopic (exact) mass is 412 g/mol. The number of nitrogens with zero attached hydrogens (tertiary/aromatic N) is 4. The minimum absolute atomic E-state index is 0.0463. The average molecular weight is 412 g/mol. The van der Waals surface area contributed by atoms with Crippen molar-refractivity contribution in [3.8, 4) is 5.13 Å². The number of pyridine rings is 1. The molecule has 0 spiro atoms. The molecule has 0 radical (unpaired) electrons. The number of carbonyl (C=O) groups excluding carboxylic acids is 1. The van der Waals surface area contributed by atoms with Crippen LogP contribution in [0.5, 0.6) is 0 Å². The molecule has 0 saturated heterocycles. The van der Waals surface area contributed by atoms with E-state index in [1.807, 2.05) is 0 Å². The molecule has 0 N–H and O–H groups in total. The maximum absolute atomic E-state index is 13.5.